The van der Waals surface area contributed by atoms with E-state index >= 15 is 0 Å². The van der Waals surface area contributed by atoms with Crippen molar-refractivity contribution >= 4 is 15.9 Å². The largest absolute Gasteiger partial charge is 0.454 e. The van der Waals surface area contributed by atoms with Crippen LogP contribution in [0.4, 0.5) is 8.78 Å². The Kier molecular flexibility index (Phi) is 5.09. The molecular weight excluding hydrogens is 328 g/mol. The first-order chi connectivity index (χ1) is 9.60. The summed E-state index contributed by atoms with van der Waals surface area (Å²) in [6, 6.07) is 8.79. The summed E-state index contributed by atoms with van der Waals surface area (Å²) in [6.45, 7) is 3.43. The van der Waals surface area contributed by atoms with E-state index < -0.39 is 11.6 Å². The van der Waals surface area contributed by atoms with E-state index in [-0.39, 0.29) is 5.75 Å². The van der Waals surface area contributed by atoms with Crippen LogP contribution in [0.2, 0.25) is 0 Å². The molecule has 2 aromatic carbocycles. The third kappa shape index (κ3) is 3.77. The molecule has 0 amide bonds. The Hall–Kier alpha value is -1.46. The highest BCUT2D eigenvalue weighted by molar-refractivity contribution is 9.10. The average Bonchev–Trinajstić information content (AvgIpc) is 2.41. The summed E-state index contributed by atoms with van der Waals surface area (Å²) >= 11 is 3.35. The summed E-state index contributed by atoms with van der Waals surface area (Å²) in [5.74, 6) is -0.815. The molecule has 0 fully saturated rings. The Morgan fingerprint density at radius 3 is 2.60 bits per heavy atom. The van der Waals surface area contributed by atoms with Gasteiger partial charge in [-0.2, -0.15) is 0 Å². The topological polar surface area (TPSA) is 21.3 Å². The minimum atomic E-state index is -0.723. The highest BCUT2D eigenvalue weighted by Gasteiger charge is 2.10. The third-order valence-corrected chi connectivity index (χ3v) is 3.20. The molecule has 0 bridgehead atoms. The van der Waals surface area contributed by atoms with Gasteiger partial charge in [0.05, 0.1) is 0 Å². The summed E-state index contributed by atoms with van der Waals surface area (Å²) in [5, 5.41) is 3.18. The Balaban J connectivity index is 2.29. The van der Waals surface area contributed by atoms with E-state index in [2.05, 4.69) is 21.2 Å². The summed E-state index contributed by atoms with van der Waals surface area (Å²) in [7, 11) is 0. The molecule has 2 rings (SSSR count). The molecule has 0 aliphatic heterocycles. The van der Waals surface area contributed by atoms with Crippen LogP contribution in [0.15, 0.2) is 40.9 Å². The van der Waals surface area contributed by atoms with Crippen LogP contribution in [-0.2, 0) is 6.54 Å². The zero-order valence-corrected chi connectivity index (χ0v) is 12.5. The monoisotopic (exact) mass is 341 g/mol. The molecule has 106 valence electrons. The van der Waals surface area contributed by atoms with Crippen molar-refractivity contribution in [1.29, 1.82) is 0 Å². The van der Waals surface area contributed by atoms with E-state index in [4.69, 9.17) is 4.74 Å². The van der Waals surface area contributed by atoms with Crippen LogP contribution in [0.25, 0.3) is 0 Å². The standard InChI is InChI=1S/C15H14BrF2NO/c1-2-19-9-10-3-4-11(16)7-15(10)20-14-6-5-12(17)8-13(14)18/h3-8,19H,2,9H2,1H3. The molecule has 0 unspecified atom stereocenters. The lowest BCUT2D eigenvalue weighted by Crippen LogP contribution is -2.12. The van der Waals surface area contributed by atoms with Crippen LogP contribution in [0.5, 0.6) is 11.5 Å². The maximum atomic E-state index is 13.6. The van der Waals surface area contributed by atoms with Gasteiger partial charge in [-0.15, -0.1) is 0 Å². The van der Waals surface area contributed by atoms with Crippen LogP contribution >= 0.6 is 15.9 Å². The van der Waals surface area contributed by atoms with Crippen LogP contribution in [0.1, 0.15) is 12.5 Å². The van der Waals surface area contributed by atoms with Gasteiger partial charge in [0.15, 0.2) is 11.6 Å². The highest BCUT2D eigenvalue weighted by Crippen LogP contribution is 2.30. The highest BCUT2D eigenvalue weighted by atomic mass is 79.9. The lowest BCUT2D eigenvalue weighted by atomic mass is 10.2. The first-order valence-corrected chi connectivity index (χ1v) is 7.01. The summed E-state index contributed by atoms with van der Waals surface area (Å²) in [5.41, 5.74) is 0.902. The zero-order chi connectivity index (χ0) is 14.5. The van der Waals surface area contributed by atoms with Gasteiger partial charge in [0.25, 0.3) is 0 Å². The number of ether oxygens (including phenoxy) is 1. The molecule has 0 saturated heterocycles. The number of benzene rings is 2. The third-order valence-electron chi connectivity index (χ3n) is 2.71. The minimum absolute atomic E-state index is 0.00208. The molecule has 0 aliphatic carbocycles. The smallest absolute Gasteiger partial charge is 0.168 e. The van der Waals surface area contributed by atoms with Crippen molar-refractivity contribution in [2.24, 2.45) is 0 Å². The number of hydrogen-bond donors (Lipinski definition) is 1. The molecule has 0 aromatic heterocycles. The van der Waals surface area contributed by atoms with Crippen LogP contribution < -0.4 is 10.1 Å². The van der Waals surface area contributed by atoms with Gasteiger partial charge in [-0.1, -0.05) is 28.9 Å². The number of hydrogen-bond acceptors (Lipinski definition) is 2. The Bertz CT molecular complexity index is 604. The van der Waals surface area contributed by atoms with E-state index in [1.807, 2.05) is 19.1 Å². The van der Waals surface area contributed by atoms with Gasteiger partial charge in [0, 0.05) is 22.6 Å². The number of nitrogens with one attached hydrogen (secondary N) is 1. The van der Waals surface area contributed by atoms with Crippen LogP contribution in [-0.4, -0.2) is 6.54 Å². The van der Waals surface area contributed by atoms with Crippen molar-refractivity contribution in [1.82, 2.24) is 5.32 Å². The summed E-state index contributed by atoms with van der Waals surface area (Å²) in [6.07, 6.45) is 0. The fourth-order valence-corrected chi connectivity index (χ4v) is 2.05. The van der Waals surface area contributed by atoms with Gasteiger partial charge in [0.2, 0.25) is 0 Å². The van der Waals surface area contributed by atoms with E-state index in [0.717, 1.165) is 22.6 Å². The van der Waals surface area contributed by atoms with E-state index in [9.17, 15) is 8.78 Å². The van der Waals surface area contributed by atoms with E-state index in [1.54, 1.807) is 6.07 Å². The molecule has 0 heterocycles. The molecule has 0 atom stereocenters. The van der Waals surface area contributed by atoms with Gasteiger partial charge in [-0.05, 0) is 30.8 Å². The molecule has 2 nitrogen and oxygen atoms in total. The van der Waals surface area contributed by atoms with Crippen LogP contribution in [0.3, 0.4) is 0 Å². The Labute approximate surface area is 124 Å². The molecular formula is C15H14BrF2NO. The predicted molar refractivity (Wildman–Crippen MR) is 78.0 cm³/mol. The molecule has 0 spiro atoms. The van der Waals surface area contributed by atoms with Crippen molar-refractivity contribution in [2.45, 2.75) is 13.5 Å². The normalized spacial score (nSPS) is 10.6. The average molecular weight is 342 g/mol. The summed E-state index contributed by atoms with van der Waals surface area (Å²) < 4.78 is 32.9. The Morgan fingerprint density at radius 2 is 1.90 bits per heavy atom. The fraction of sp³-hybridized carbons (Fsp3) is 0.200. The van der Waals surface area contributed by atoms with Crippen LogP contribution in [0, 0.1) is 11.6 Å². The zero-order valence-electron chi connectivity index (χ0n) is 10.9. The lowest BCUT2D eigenvalue weighted by molar-refractivity contribution is 0.431. The van der Waals surface area contributed by atoms with Gasteiger partial charge < -0.3 is 10.1 Å². The molecule has 0 radical (unpaired) electrons. The number of halogens is 3. The number of rotatable bonds is 5. The van der Waals surface area contributed by atoms with Gasteiger partial charge in [-0.3, -0.25) is 0 Å². The second-order valence-electron chi connectivity index (χ2n) is 4.21. The van der Waals surface area contributed by atoms with Gasteiger partial charge in [0.1, 0.15) is 11.6 Å². The van der Waals surface area contributed by atoms with Crippen molar-refractivity contribution in [3.8, 4) is 11.5 Å². The van der Waals surface area contributed by atoms with Gasteiger partial charge in [-0.25, -0.2) is 8.78 Å². The first-order valence-electron chi connectivity index (χ1n) is 6.22. The first kappa shape index (κ1) is 14.9. The molecule has 2 aromatic rings. The van der Waals surface area contributed by atoms with Crippen molar-refractivity contribution in [2.75, 3.05) is 6.54 Å². The SMILES string of the molecule is CCNCc1ccc(Br)cc1Oc1ccc(F)cc1F. The molecule has 0 aliphatic rings. The maximum absolute atomic E-state index is 13.6. The molecule has 1 N–H and O–H groups in total. The quantitative estimate of drug-likeness (QED) is 0.856. The summed E-state index contributed by atoms with van der Waals surface area (Å²) in [4.78, 5) is 0. The minimum Gasteiger partial charge on any atom is -0.454 e. The molecule has 20 heavy (non-hydrogen) atoms. The van der Waals surface area contributed by atoms with Crippen molar-refractivity contribution in [3.63, 3.8) is 0 Å². The van der Waals surface area contributed by atoms with Crippen molar-refractivity contribution < 1.29 is 13.5 Å². The van der Waals surface area contributed by atoms with Crippen molar-refractivity contribution in [3.05, 3.63) is 58.1 Å². The lowest BCUT2D eigenvalue weighted by Gasteiger charge is -2.12. The second-order valence-corrected chi connectivity index (χ2v) is 5.12. The second kappa shape index (κ2) is 6.81. The van der Waals surface area contributed by atoms with Gasteiger partial charge >= 0.3 is 0 Å². The van der Waals surface area contributed by atoms with E-state index in [1.165, 1.54) is 12.1 Å². The maximum Gasteiger partial charge on any atom is 0.168 e. The molecule has 5 heteroatoms. The van der Waals surface area contributed by atoms with E-state index in [0.29, 0.717) is 12.3 Å². The predicted octanol–water partition coefficient (Wildman–Crippen LogP) is 4.63. The molecule has 0 saturated carbocycles. The fourth-order valence-electron chi connectivity index (χ4n) is 1.71. The Morgan fingerprint density at radius 1 is 1.10 bits per heavy atom.